The van der Waals surface area contributed by atoms with Crippen molar-refractivity contribution in [2.45, 2.75) is 19.5 Å². The molecular formula is C26H23F3N4O2. The summed E-state index contributed by atoms with van der Waals surface area (Å²) in [7, 11) is 0. The van der Waals surface area contributed by atoms with Gasteiger partial charge in [-0.25, -0.2) is 9.50 Å². The summed E-state index contributed by atoms with van der Waals surface area (Å²) >= 11 is 0. The number of halogens is 3. The molecule has 5 rings (SSSR count). The molecule has 2 aromatic carbocycles. The topological polar surface area (TPSA) is 59.7 Å². The van der Waals surface area contributed by atoms with Gasteiger partial charge < -0.3 is 9.64 Å². The molecule has 0 saturated carbocycles. The van der Waals surface area contributed by atoms with Gasteiger partial charge in [-0.05, 0) is 36.2 Å². The molecule has 0 unspecified atom stereocenters. The van der Waals surface area contributed by atoms with E-state index in [2.05, 4.69) is 9.88 Å². The zero-order valence-electron chi connectivity index (χ0n) is 19.0. The Labute approximate surface area is 200 Å². The van der Waals surface area contributed by atoms with Crippen LogP contribution in [0.25, 0.3) is 16.9 Å². The first kappa shape index (κ1) is 23.0. The van der Waals surface area contributed by atoms with E-state index >= 15 is 0 Å². The van der Waals surface area contributed by atoms with Crippen LogP contribution in [-0.2, 0) is 17.3 Å². The maximum Gasteiger partial charge on any atom is 0.416 e. The van der Waals surface area contributed by atoms with Gasteiger partial charge in [0.15, 0.2) is 11.4 Å². The molecule has 4 aromatic rings. The van der Waals surface area contributed by atoms with Gasteiger partial charge in [0.05, 0.1) is 30.2 Å². The molecule has 0 amide bonds. The van der Waals surface area contributed by atoms with Gasteiger partial charge in [-0.15, -0.1) is 0 Å². The number of carbonyl (C=O) groups is 1. The molecule has 0 radical (unpaired) electrons. The molecule has 9 heteroatoms. The third-order valence-electron chi connectivity index (χ3n) is 6.15. The van der Waals surface area contributed by atoms with E-state index in [-0.39, 0.29) is 12.2 Å². The van der Waals surface area contributed by atoms with Crippen LogP contribution >= 0.6 is 0 Å². The fourth-order valence-corrected chi connectivity index (χ4v) is 4.29. The number of morpholine rings is 1. The van der Waals surface area contributed by atoms with Gasteiger partial charge in [-0.3, -0.25) is 4.79 Å². The van der Waals surface area contributed by atoms with E-state index < -0.39 is 11.7 Å². The standard InChI is InChI=1S/C26H23F3N4O2/c1-17-5-6-19(24(34)14-18-3-2-4-20(13-18)26(27,28)29)15-21(17)22-16-23(32-9-11-35-12-10-32)25-30-7-8-33(25)31-22/h2-8,13,15-16H,9-12,14H2,1H3. The second-order valence-electron chi connectivity index (χ2n) is 8.54. The molecule has 6 nitrogen and oxygen atoms in total. The number of hydrogen-bond donors (Lipinski definition) is 0. The zero-order valence-corrected chi connectivity index (χ0v) is 19.0. The first-order valence-corrected chi connectivity index (χ1v) is 11.3. The number of carbonyl (C=O) groups excluding carboxylic acids is 1. The number of fused-ring (bicyclic) bond motifs is 1. The number of nitrogens with zero attached hydrogens (tertiary/aromatic N) is 4. The Morgan fingerprint density at radius 2 is 1.89 bits per heavy atom. The summed E-state index contributed by atoms with van der Waals surface area (Å²) in [5.74, 6) is -0.261. The molecule has 0 N–H and O–H groups in total. The minimum atomic E-state index is -4.45. The van der Waals surface area contributed by atoms with Crippen molar-refractivity contribution < 1.29 is 22.7 Å². The fourth-order valence-electron chi connectivity index (χ4n) is 4.29. The summed E-state index contributed by atoms with van der Waals surface area (Å²) in [6.45, 7) is 4.66. The molecule has 2 aromatic heterocycles. The van der Waals surface area contributed by atoms with Crippen LogP contribution in [-0.4, -0.2) is 46.7 Å². The fraction of sp³-hybridized carbons (Fsp3) is 0.269. The lowest BCUT2D eigenvalue weighted by Gasteiger charge is -2.29. The predicted octanol–water partition coefficient (Wildman–Crippen LogP) is 4.99. The predicted molar refractivity (Wildman–Crippen MR) is 126 cm³/mol. The van der Waals surface area contributed by atoms with E-state index in [1.165, 1.54) is 12.1 Å². The number of benzene rings is 2. The Morgan fingerprint density at radius 1 is 1.09 bits per heavy atom. The number of ketones is 1. The molecule has 0 bridgehead atoms. The molecule has 1 fully saturated rings. The minimum absolute atomic E-state index is 0.126. The van der Waals surface area contributed by atoms with Gasteiger partial charge in [-0.1, -0.05) is 30.3 Å². The Balaban J connectivity index is 1.49. The normalized spacial score (nSPS) is 14.5. The van der Waals surface area contributed by atoms with E-state index in [9.17, 15) is 18.0 Å². The highest BCUT2D eigenvalue weighted by molar-refractivity contribution is 5.98. The number of aromatic nitrogens is 3. The van der Waals surface area contributed by atoms with Gasteiger partial charge in [0, 0.05) is 43.0 Å². The van der Waals surface area contributed by atoms with E-state index in [4.69, 9.17) is 9.84 Å². The van der Waals surface area contributed by atoms with Crippen LogP contribution in [0.3, 0.4) is 0 Å². The number of alkyl halides is 3. The molecule has 0 spiro atoms. The van der Waals surface area contributed by atoms with Gasteiger partial charge in [-0.2, -0.15) is 18.3 Å². The van der Waals surface area contributed by atoms with Crippen molar-refractivity contribution in [1.82, 2.24) is 14.6 Å². The highest BCUT2D eigenvalue weighted by Crippen LogP contribution is 2.31. The van der Waals surface area contributed by atoms with Crippen molar-refractivity contribution in [3.05, 3.63) is 83.2 Å². The number of hydrogen-bond acceptors (Lipinski definition) is 5. The number of aryl methyl sites for hydroxylation is 1. The average molecular weight is 480 g/mol. The number of rotatable bonds is 5. The van der Waals surface area contributed by atoms with Crippen molar-refractivity contribution in [3.8, 4) is 11.3 Å². The highest BCUT2D eigenvalue weighted by Gasteiger charge is 2.30. The second kappa shape index (κ2) is 9.14. The van der Waals surface area contributed by atoms with Crippen molar-refractivity contribution in [3.63, 3.8) is 0 Å². The number of anilines is 1. The molecule has 180 valence electrons. The van der Waals surface area contributed by atoms with Gasteiger partial charge in [0.25, 0.3) is 0 Å². The van der Waals surface area contributed by atoms with Gasteiger partial charge >= 0.3 is 6.18 Å². The van der Waals surface area contributed by atoms with Crippen LogP contribution in [0.2, 0.25) is 0 Å². The molecule has 3 heterocycles. The third kappa shape index (κ3) is 4.77. The molecule has 1 aliphatic rings. The van der Waals surface area contributed by atoms with Crippen LogP contribution in [0.4, 0.5) is 18.9 Å². The maximum absolute atomic E-state index is 13.1. The molecule has 0 aliphatic carbocycles. The summed E-state index contributed by atoms with van der Waals surface area (Å²) in [5.41, 5.74) is 4.05. The van der Waals surface area contributed by atoms with Gasteiger partial charge in [0.2, 0.25) is 0 Å². The third-order valence-corrected chi connectivity index (χ3v) is 6.15. The Bertz CT molecular complexity index is 1390. The van der Waals surface area contributed by atoms with Crippen LogP contribution in [0.15, 0.2) is 60.9 Å². The second-order valence-corrected chi connectivity index (χ2v) is 8.54. The van der Waals surface area contributed by atoms with Crippen molar-refractivity contribution >= 4 is 17.1 Å². The molecule has 1 saturated heterocycles. The van der Waals surface area contributed by atoms with E-state index in [1.54, 1.807) is 29.0 Å². The number of imidazole rings is 1. The number of ether oxygens (including phenoxy) is 1. The molecule has 35 heavy (non-hydrogen) atoms. The first-order chi connectivity index (χ1) is 16.8. The zero-order chi connectivity index (χ0) is 24.6. The minimum Gasteiger partial charge on any atom is -0.378 e. The highest BCUT2D eigenvalue weighted by atomic mass is 19.4. The van der Waals surface area contributed by atoms with Crippen LogP contribution < -0.4 is 4.90 Å². The first-order valence-electron chi connectivity index (χ1n) is 11.3. The summed E-state index contributed by atoms with van der Waals surface area (Å²) in [6.07, 6.45) is -1.11. The van der Waals surface area contributed by atoms with Crippen LogP contribution in [0, 0.1) is 6.92 Å². The smallest absolute Gasteiger partial charge is 0.378 e. The quantitative estimate of drug-likeness (QED) is 0.377. The Morgan fingerprint density at radius 3 is 2.66 bits per heavy atom. The van der Waals surface area contributed by atoms with Crippen molar-refractivity contribution in [2.75, 3.05) is 31.2 Å². The lowest BCUT2D eigenvalue weighted by Crippen LogP contribution is -2.36. The summed E-state index contributed by atoms with van der Waals surface area (Å²) < 4.78 is 46.4. The molecule has 1 aliphatic heterocycles. The van der Waals surface area contributed by atoms with E-state index in [0.717, 1.165) is 47.7 Å². The van der Waals surface area contributed by atoms with Crippen molar-refractivity contribution in [2.24, 2.45) is 0 Å². The largest absolute Gasteiger partial charge is 0.416 e. The number of Topliss-reactive ketones (excluding diaryl/α,β-unsaturated/α-hetero) is 1. The molecular weight excluding hydrogens is 457 g/mol. The SMILES string of the molecule is Cc1ccc(C(=O)Cc2cccc(C(F)(F)F)c2)cc1-c1cc(N2CCOCC2)c2nccn2n1. The van der Waals surface area contributed by atoms with Gasteiger partial charge in [0.1, 0.15) is 0 Å². The Hall–Kier alpha value is -3.72. The lowest BCUT2D eigenvalue weighted by atomic mass is 9.96. The van der Waals surface area contributed by atoms with Crippen LogP contribution in [0.1, 0.15) is 27.0 Å². The maximum atomic E-state index is 13.1. The van der Waals surface area contributed by atoms with Crippen molar-refractivity contribution in [1.29, 1.82) is 0 Å². The lowest BCUT2D eigenvalue weighted by molar-refractivity contribution is -0.137. The van der Waals surface area contributed by atoms with Crippen LogP contribution in [0.5, 0.6) is 0 Å². The Kier molecular flexibility index (Phi) is 6.02. The average Bonchev–Trinajstić information content (AvgIpc) is 3.33. The summed E-state index contributed by atoms with van der Waals surface area (Å²) in [4.78, 5) is 19.7. The summed E-state index contributed by atoms with van der Waals surface area (Å²) in [5, 5.41) is 4.70. The molecule has 0 atom stereocenters. The monoisotopic (exact) mass is 480 g/mol. The van der Waals surface area contributed by atoms with E-state index in [0.29, 0.717) is 30.0 Å². The summed E-state index contributed by atoms with van der Waals surface area (Å²) in [6, 6.07) is 12.2. The van der Waals surface area contributed by atoms with E-state index in [1.807, 2.05) is 19.1 Å².